The molecule has 0 spiro atoms. The summed E-state index contributed by atoms with van der Waals surface area (Å²) < 4.78 is 5.37. The molecule has 2 rings (SSSR count). The van der Waals surface area contributed by atoms with E-state index in [1.807, 2.05) is 43.3 Å². The van der Waals surface area contributed by atoms with Gasteiger partial charge in [0.15, 0.2) is 0 Å². The van der Waals surface area contributed by atoms with Gasteiger partial charge in [0.25, 0.3) is 0 Å². The molecule has 16 heavy (non-hydrogen) atoms. The maximum atomic E-state index is 5.37. The summed E-state index contributed by atoms with van der Waals surface area (Å²) in [5, 5.41) is 0. The number of ether oxygens (including phenoxy) is 1. The van der Waals surface area contributed by atoms with Crippen LogP contribution in [0.1, 0.15) is 6.92 Å². The van der Waals surface area contributed by atoms with Crippen molar-refractivity contribution >= 4 is 0 Å². The molecule has 0 fully saturated rings. The molecule has 2 aromatic carbocycles. The van der Waals surface area contributed by atoms with Gasteiger partial charge in [-0.15, -0.1) is 0 Å². The van der Waals surface area contributed by atoms with Gasteiger partial charge in [-0.25, -0.2) is 0 Å². The van der Waals surface area contributed by atoms with Gasteiger partial charge in [0.1, 0.15) is 5.75 Å². The van der Waals surface area contributed by atoms with Gasteiger partial charge >= 0.3 is 0 Å². The van der Waals surface area contributed by atoms with Crippen LogP contribution in [0.2, 0.25) is 0 Å². The van der Waals surface area contributed by atoms with E-state index in [-0.39, 0.29) is 0 Å². The fourth-order valence-electron chi connectivity index (χ4n) is 1.50. The molecule has 0 heterocycles. The van der Waals surface area contributed by atoms with E-state index in [1.165, 1.54) is 11.1 Å². The smallest absolute Gasteiger partial charge is 0.126 e. The minimum atomic E-state index is 0.859. The molecule has 0 aliphatic heterocycles. The van der Waals surface area contributed by atoms with E-state index in [2.05, 4.69) is 24.3 Å². The van der Waals surface area contributed by atoms with Crippen molar-refractivity contribution in [3.8, 4) is 16.9 Å². The van der Waals surface area contributed by atoms with E-state index >= 15 is 0 Å². The van der Waals surface area contributed by atoms with Crippen molar-refractivity contribution in [2.45, 2.75) is 6.92 Å². The maximum Gasteiger partial charge on any atom is 0.126 e. The van der Waals surface area contributed by atoms with E-state index in [4.69, 9.17) is 4.74 Å². The van der Waals surface area contributed by atoms with Crippen LogP contribution < -0.4 is 4.74 Å². The lowest BCUT2D eigenvalue weighted by molar-refractivity contribution is 0.480. The minimum Gasteiger partial charge on any atom is -0.465 e. The Morgan fingerprint density at radius 1 is 0.812 bits per heavy atom. The van der Waals surface area contributed by atoms with Crippen molar-refractivity contribution in [1.82, 2.24) is 0 Å². The Morgan fingerprint density at radius 2 is 1.44 bits per heavy atom. The monoisotopic (exact) mass is 210 g/mol. The summed E-state index contributed by atoms with van der Waals surface area (Å²) in [6, 6.07) is 18.4. The van der Waals surface area contributed by atoms with E-state index < -0.39 is 0 Å². The summed E-state index contributed by atoms with van der Waals surface area (Å²) in [5.74, 6) is 0.859. The summed E-state index contributed by atoms with van der Waals surface area (Å²) in [6.45, 7) is 1.93. The van der Waals surface area contributed by atoms with Gasteiger partial charge in [-0.05, 0) is 30.2 Å². The first kappa shape index (κ1) is 10.5. The van der Waals surface area contributed by atoms with Crippen molar-refractivity contribution in [3.05, 3.63) is 66.9 Å². The Bertz CT molecular complexity index is 455. The zero-order chi connectivity index (χ0) is 11.2. The van der Waals surface area contributed by atoms with Crippen LogP contribution in [0.4, 0.5) is 0 Å². The first-order chi connectivity index (χ1) is 7.90. The highest BCUT2D eigenvalue weighted by Crippen LogP contribution is 2.21. The number of rotatable bonds is 3. The average molecular weight is 210 g/mol. The van der Waals surface area contributed by atoms with E-state index in [0.717, 1.165) is 5.75 Å². The first-order valence-electron chi connectivity index (χ1n) is 5.33. The summed E-state index contributed by atoms with van der Waals surface area (Å²) in [6.07, 6.45) is 3.54. The molecule has 80 valence electrons. The first-order valence-corrected chi connectivity index (χ1v) is 5.33. The number of allylic oxidation sites excluding steroid dienone is 1. The zero-order valence-corrected chi connectivity index (χ0v) is 9.26. The van der Waals surface area contributed by atoms with Crippen LogP contribution in [-0.4, -0.2) is 0 Å². The molecular formula is C15H14O. The summed E-state index contributed by atoms with van der Waals surface area (Å²) in [7, 11) is 0. The van der Waals surface area contributed by atoms with Crippen LogP contribution in [0, 0.1) is 0 Å². The van der Waals surface area contributed by atoms with E-state index in [1.54, 1.807) is 6.26 Å². The summed E-state index contributed by atoms with van der Waals surface area (Å²) in [5.41, 5.74) is 2.42. The van der Waals surface area contributed by atoms with E-state index in [0.29, 0.717) is 0 Å². The quantitative estimate of drug-likeness (QED) is 0.687. The molecule has 2 aromatic rings. The average Bonchev–Trinajstić information content (AvgIpc) is 2.38. The second-order valence-electron chi connectivity index (χ2n) is 3.48. The SMILES string of the molecule is CC=COc1ccc(-c2ccccc2)cc1. The highest BCUT2D eigenvalue weighted by atomic mass is 16.5. The lowest BCUT2D eigenvalue weighted by atomic mass is 10.1. The summed E-state index contributed by atoms with van der Waals surface area (Å²) in [4.78, 5) is 0. The van der Waals surface area contributed by atoms with Crippen molar-refractivity contribution in [2.75, 3.05) is 0 Å². The van der Waals surface area contributed by atoms with Gasteiger partial charge in [-0.3, -0.25) is 0 Å². The van der Waals surface area contributed by atoms with Crippen molar-refractivity contribution in [3.63, 3.8) is 0 Å². The third-order valence-electron chi connectivity index (χ3n) is 2.30. The predicted molar refractivity (Wildman–Crippen MR) is 67.3 cm³/mol. The Morgan fingerprint density at radius 3 is 2.06 bits per heavy atom. The van der Waals surface area contributed by atoms with Crippen LogP contribution in [0.3, 0.4) is 0 Å². The molecule has 0 atom stereocenters. The Balaban J connectivity index is 2.20. The van der Waals surface area contributed by atoms with Crippen LogP contribution in [0.5, 0.6) is 5.75 Å². The molecule has 1 heteroatoms. The molecule has 0 aromatic heterocycles. The van der Waals surface area contributed by atoms with E-state index in [9.17, 15) is 0 Å². The molecule has 0 aliphatic rings. The fraction of sp³-hybridized carbons (Fsp3) is 0.0667. The van der Waals surface area contributed by atoms with Crippen molar-refractivity contribution in [1.29, 1.82) is 0 Å². The molecule has 0 aliphatic carbocycles. The highest BCUT2D eigenvalue weighted by molar-refractivity contribution is 5.63. The second-order valence-corrected chi connectivity index (χ2v) is 3.48. The molecule has 0 radical (unpaired) electrons. The van der Waals surface area contributed by atoms with Crippen molar-refractivity contribution in [2.24, 2.45) is 0 Å². The number of hydrogen-bond acceptors (Lipinski definition) is 1. The number of benzene rings is 2. The summed E-state index contributed by atoms with van der Waals surface area (Å²) >= 11 is 0. The second kappa shape index (κ2) is 5.17. The third kappa shape index (κ3) is 2.51. The maximum absolute atomic E-state index is 5.37. The van der Waals surface area contributed by atoms with Gasteiger partial charge in [0.2, 0.25) is 0 Å². The Hall–Kier alpha value is -2.02. The molecule has 0 saturated heterocycles. The largest absolute Gasteiger partial charge is 0.465 e. The zero-order valence-electron chi connectivity index (χ0n) is 9.26. The molecule has 0 N–H and O–H groups in total. The van der Waals surface area contributed by atoms with Crippen LogP contribution in [0.15, 0.2) is 66.9 Å². The molecule has 0 saturated carbocycles. The number of hydrogen-bond donors (Lipinski definition) is 0. The molecule has 0 unspecified atom stereocenters. The van der Waals surface area contributed by atoms with Crippen LogP contribution in [-0.2, 0) is 0 Å². The van der Waals surface area contributed by atoms with Crippen molar-refractivity contribution < 1.29 is 4.74 Å². The lowest BCUT2D eigenvalue weighted by Crippen LogP contribution is -1.82. The normalized spacial score (nSPS) is 10.6. The van der Waals surface area contributed by atoms with Gasteiger partial charge < -0.3 is 4.74 Å². The molecule has 1 nitrogen and oxygen atoms in total. The topological polar surface area (TPSA) is 9.23 Å². The van der Waals surface area contributed by atoms with Crippen LogP contribution >= 0.6 is 0 Å². The fourth-order valence-corrected chi connectivity index (χ4v) is 1.50. The van der Waals surface area contributed by atoms with Gasteiger partial charge in [0, 0.05) is 0 Å². The molecule has 0 amide bonds. The highest BCUT2D eigenvalue weighted by Gasteiger charge is 1.96. The van der Waals surface area contributed by atoms with Gasteiger partial charge in [0.05, 0.1) is 6.26 Å². The van der Waals surface area contributed by atoms with Gasteiger partial charge in [-0.1, -0.05) is 48.5 Å². The minimum absolute atomic E-state index is 0.859. The Kier molecular flexibility index (Phi) is 3.39. The molecular weight excluding hydrogens is 196 g/mol. The van der Waals surface area contributed by atoms with Crippen LogP contribution in [0.25, 0.3) is 11.1 Å². The Labute approximate surface area is 96.0 Å². The predicted octanol–water partition coefficient (Wildman–Crippen LogP) is 4.27. The molecule has 0 bridgehead atoms. The third-order valence-corrected chi connectivity index (χ3v) is 2.30. The van der Waals surface area contributed by atoms with Gasteiger partial charge in [-0.2, -0.15) is 0 Å². The lowest BCUT2D eigenvalue weighted by Gasteiger charge is -2.03. The standard InChI is InChI=1S/C15H14O/c1-2-12-16-15-10-8-14(9-11-15)13-6-4-3-5-7-13/h2-12H,1H3.